The average Bonchev–Trinajstić information content (AvgIpc) is 3.43. The number of carbonyl (C=O) groups excluding carboxylic acids is 1. The average molecular weight is 453 g/mol. The number of hydrogen-bond acceptors (Lipinski definition) is 4. The van der Waals surface area contributed by atoms with E-state index in [1.165, 1.54) is 12.1 Å². The number of phenolic OH excluding ortho intramolecular Hbond substituents is 1. The van der Waals surface area contributed by atoms with Crippen LogP contribution in [0.25, 0.3) is 10.8 Å². The second kappa shape index (κ2) is 8.99. The molecule has 1 aromatic heterocycles. The van der Waals surface area contributed by atoms with Crippen molar-refractivity contribution in [2.75, 3.05) is 4.90 Å². The smallest absolute Gasteiger partial charge is 0.231 e. The van der Waals surface area contributed by atoms with Crippen LogP contribution in [0.1, 0.15) is 29.7 Å². The Labute approximate surface area is 196 Å². The Hall–Kier alpha value is -4.18. The molecule has 1 radical (unpaired) electrons. The largest absolute Gasteiger partial charge is 0.508 e. The number of rotatable bonds is 6. The fourth-order valence-electron chi connectivity index (χ4n) is 4.59. The molecular weight excluding hydrogens is 431 g/mol. The van der Waals surface area contributed by atoms with Crippen molar-refractivity contribution in [3.63, 3.8) is 0 Å². The van der Waals surface area contributed by atoms with E-state index >= 15 is 0 Å². The number of benzene rings is 3. The number of halogens is 1. The number of hydrogen-bond donors (Lipinski definition) is 1. The molecule has 1 saturated heterocycles. The summed E-state index contributed by atoms with van der Waals surface area (Å²) in [4.78, 5) is 18.9. The lowest BCUT2D eigenvalue weighted by molar-refractivity contribution is -0.114. The summed E-state index contributed by atoms with van der Waals surface area (Å²) in [5.74, 6) is -0.406. The van der Waals surface area contributed by atoms with Gasteiger partial charge in [0, 0.05) is 29.9 Å². The normalized spacial score (nSPS) is 15.7. The van der Waals surface area contributed by atoms with Gasteiger partial charge in [0.1, 0.15) is 17.6 Å². The maximum atomic E-state index is 14.0. The van der Waals surface area contributed by atoms with E-state index in [1.54, 1.807) is 37.1 Å². The van der Waals surface area contributed by atoms with Crippen molar-refractivity contribution < 1.29 is 14.3 Å². The Morgan fingerprint density at radius 3 is 2.88 bits per heavy atom. The van der Waals surface area contributed by atoms with Crippen molar-refractivity contribution in [1.29, 1.82) is 5.26 Å². The standard InChI is InChI=1S/C27H22FN4O2/c28-25-12-18(4-5-20(25)14-29)16-31-17-30-15-22(31)8-7-21-9-11-27(34)32(21)26-3-1-2-19-6-10-23(33)13-24(19)26/h1-6,10-13,15,17,21,33H,7-9,16H2. The van der Waals surface area contributed by atoms with Crippen LogP contribution in [-0.4, -0.2) is 26.6 Å². The maximum Gasteiger partial charge on any atom is 0.231 e. The molecule has 3 aromatic carbocycles. The molecule has 0 spiro atoms. The Morgan fingerprint density at radius 2 is 2.06 bits per heavy atom. The summed E-state index contributed by atoms with van der Waals surface area (Å²) in [6.07, 6.45) is 7.28. The number of phenols is 1. The van der Waals surface area contributed by atoms with Crippen molar-refractivity contribution in [3.8, 4) is 11.8 Å². The highest BCUT2D eigenvalue weighted by molar-refractivity contribution is 6.09. The third-order valence-electron chi connectivity index (χ3n) is 6.31. The van der Waals surface area contributed by atoms with Crippen molar-refractivity contribution in [1.82, 2.24) is 9.55 Å². The van der Waals surface area contributed by atoms with Crippen molar-refractivity contribution in [3.05, 3.63) is 96.2 Å². The summed E-state index contributed by atoms with van der Waals surface area (Å²) in [6, 6.07) is 17.4. The van der Waals surface area contributed by atoms with Crippen LogP contribution in [0.3, 0.4) is 0 Å². The summed E-state index contributed by atoms with van der Waals surface area (Å²) in [7, 11) is 0. The van der Waals surface area contributed by atoms with Gasteiger partial charge in [-0.05, 0) is 60.5 Å². The van der Waals surface area contributed by atoms with E-state index in [9.17, 15) is 14.3 Å². The molecule has 6 nitrogen and oxygen atoms in total. The van der Waals surface area contributed by atoms with Gasteiger partial charge in [0.05, 0.1) is 24.0 Å². The van der Waals surface area contributed by atoms with Crippen LogP contribution in [-0.2, 0) is 17.8 Å². The molecule has 169 valence electrons. The predicted octanol–water partition coefficient (Wildman–Crippen LogP) is 4.74. The molecule has 0 bridgehead atoms. The molecule has 1 unspecified atom stereocenters. The van der Waals surface area contributed by atoms with E-state index in [4.69, 9.17) is 5.26 Å². The van der Waals surface area contributed by atoms with Crippen molar-refractivity contribution in [2.24, 2.45) is 0 Å². The lowest BCUT2D eigenvalue weighted by Gasteiger charge is -2.26. The summed E-state index contributed by atoms with van der Waals surface area (Å²) < 4.78 is 16.0. The van der Waals surface area contributed by atoms with Crippen molar-refractivity contribution in [2.45, 2.75) is 31.8 Å². The lowest BCUT2D eigenvalue weighted by Crippen LogP contribution is -2.33. The number of nitriles is 1. The number of aryl methyl sites for hydroxylation is 1. The van der Waals surface area contributed by atoms with Gasteiger partial charge in [-0.2, -0.15) is 5.26 Å². The van der Waals surface area contributed by atoms with Crippen LogP contribution in [0.15, 0.2) is 67.1 Å². The highest BCUT2D eigenvalue weighted by atomic mass is 19.1. The van der Waals surface area contributed by atoms with Crippen LogP contribution in [0.4, 0.5) is 10.1 Å². The molecular formula is C27H22FN4O2. The fraction of sp³-hybridized carbons (Fsp3) is 0.185. The monoisotopic (exact) mass is 453 g/mol. The number of nitrogens with zero attached hydrogens (tertiary/aromatic N) is 4. The van der Waals surface area contributed by atoms with E-state index in [0.29, 0.717) is 19.4 Å². The molecule has 1 aliphatic heterocycles. The predicted molar refractivity (Wildman–Crippen MR) is 127 cm³/mol. The van der Waals surface area contributed by atoms with Gasteiger partial charge in [-0.15, -0.1) is 0 Å². The number of amides is 1. The molecule has 5 rings (SSSR count). The topological polar surface area (TPSA) is 82.2 Å². The molecule has 0 saturated carbocycles. The molecule has 1 fully saturated rings. The number of fused-ring (bicyclic) bond motifs is 1. The minimum Gasteiger partial charge on any atom is -0.508 e. The van der Waals surface area contributed by atoms with E-state index in [1.807, 2.05) is 39.8 Å². The first-order valence-electron chi connectivity index (χ1n) is 11.1. The van der Waals surface area contributed by atoms with Crippen LogP contribution in [0, 0.1) is 23.6 Å². The third-order valence-corrected chi connectivity index (χ3v) is 6.31. The Kier molecular flexibility index (Phi) is 5.72. The zero-order valence-corrected chi connectivity index (χ0v) is 18.4. The molecule has 1 atom stereocenters. The van der Waals surface area contributed by atoms with E-state index in [0.717, 1.165) is 34.1 Å². The van der Waals surface area contributed by atoms with E-state index in [-0.39, 0.29) is 23.3 Å². The van der Waals surface area contributed by atoms with Crippen LogP contribution in [0.2, 0.25) is 0 Å². The second-order valence-corrected chi connectivity index (χ2v) is 8.46. The highest BCUT2D eigenvalue weighted by Crippen LogP contribution is 2.35. The first kappa shape index (κ1) is 21.7. The number of aromatic nitrogens is 2. The quantitative estimate of drug-likeness (QED) is 0.457. The van der Waals surface area contributed by atoms with Crippen LogP contribution < -0.4 is 4.90 Å². The number of carbonyl (C=O) groups is 1. The third kappa shape index (κ3) is 4.11. The van der Waals surface area contributed by atoms with Gasteiger partial charge in [-0.1, -0.05) is 24.3 Å². The van der Waals surface area contributed by atoms with Gasteiger partial charge < -0.3 is 14.6 Å². The van der Waals surface area contributed by atoms with Gasteiger partial charge in [-0.25, -0.2) is 9.37 Å². The minimum absolute atomic E-state index is 0.0174. The molecule has 1 amide bonds. The fourth-order valence-corrected chi connectivity index (χ4v) is 4.59. The van der Waals surface area contributed by atoms with Crippen LogP contribution >= 0.6 is 0 Å². The molecule has 1 N–H and O–H groups in total. The first-order valence-corrected chi connectivity index (χ1v) is 11.1. The van der Waals surface area contributed by atoms with Gasteiger partial charge in [0.25, 0.3) is 0 Å². The minimum atomic E-state index is -0.529. The van der Waals surface area contributed by atoms with Gasteiger partial charge >= 0.3 is 0 Å². The first-order chi connectivity index (χ1) is 16.5. The zero-order valence-electron chi connectivity index (χ0n) is 18.4. The second-order valence-electron chi connectivity index (χ2n) is 8.46. The molecule has 1 aliphatic rings. The molecule has 2 heterocycles. The molecule has 4 aromatic rings. The number of anilines is 1. The Balaban J connectivity index is 1.35. The summed E-state index contributed by atoms with van der Waals surface area (Å²) in [5, 5.41) is 20.7. The van der Waals surface area contributed by atoms with E-state index < -0.39 is 5.82 Å². The Morgan fingerprint density at radius 1 is 1.18 bits per heavy atom. The summed E-state index contributed by atoms with van der Waals surface area (Å²) in [6.45, 7) is 0.444. The number of aromatic hydroxyl groups is 1. The van der Waals surface area contributed by atoms with Gasteiger partial charge in [-0.3, -0.25) is 4.79 Å². The SMILES string of the molecule is N#Cc1ccc(Cn2cncc2CCC2C[CH]C(=O)N2c2cccc3ccc(O)cc23)cc1F. The highest BCUT2D eigenvalue weighted by Gasteiger charge is 2.33. The van der Waals surface area contributed by atoms with Gasteiger partial charge in [0.2, 0.25) is 5.91 Å². The van der Waals surface area contributed by atoms with Gasteiger partial charge in [0.15, 0.2) is 0 Å². The van der Waals surface area contributed by atoms with E-state index in [2.05, 4.69) is 4.98 Å². The lowest BCUT2D eigenvalue weighted by atomic mass is 10.0. The maximum absolute atomic E-state index is 14.0. The molecule has 0 aliphatic carbocycles. The summed E-state index contributed by atoms with van der Waals surface area (Å²) >= 11 is 0. The number of imidazole rings is 1. The van der Waals surface area contributed by atoms with Crippen molar-refractivity contribution >= 4 is 22.4 Å². The summed E-state index contributed by atoms with van der Waals surface area (Å²) in [5.41, 5.74) is 2.55. The zero-order chi connectivity index (χ0) is 23.7. The van der Waals surface area contributed by atoms with Crippen LogP contribution in [0.5, 0.6) is 5.75 Å². The molecule has 7 heteroatoms. The Bertz CT molecular complexity index is 1420. The molecule has 34 heavy (non-hydrogen) atoms.